The molecular weight excluding hydrogens is 206 g/mol. The molecule has 0 saturated carbocycles. The fourth-order valence-corrected chi connectivity index (χ4v) is 2.35. The highest BCUT2D eigenvalue weighted by Gasteiger charge is 2.05. The van der Waals surface area contributed by atoms with Crippen molar-refractivity contribution in [3.05, 3.63) is 59.8 Å². The first-order valence-corrected chi connectivity index (χ1v) is 5.89. The molecule has 0 radical (unpaired) electrons. The first-order valence-electron chi connectivity index (χ1n) is 5.89. The van der Waals surface area contributed by atoms with Gasteiger partial charge < -0.3 is 4.98 Å². The van der Waals surface area contributed by atoms with Crippen LogP contribution in [0.3, 0.4) is 0 Å². The van der Waals surface area contributed by atoms with Crippen LogP contribution in [0.1, 0.15) is 11.1 Å². The van der Waals surface area contributed by atoms with Crippen molar-refractivity contribution in [1.82, 2.24) is 4.98 Å². The van der Waals surface area contributed by atoms with Gasteiger partial charge in [-0.3, -0.25) is 0 Å². The Hall–Kier alpha value is -2.02. The molecule has 17 heavy (non-hydrogen) atoms. The molecule has 0 aliphatic heterocycles. The molecule has 0 saturated heterocycles. The van der Waals surface area contributed by atoms with E-state index in [9.17, 15) is 0 Å². The molecule has 1 aromatic heterocycles. The predicted octanol–water partition coefficient (Wildman–Crippen LogP) is 4.45. The second-order valence-electron chi connectivity index (χ2n) is 4.55. The van der Waals surface area contributed by atoms with E-state index in [1.807, 2.05) is 0 Å². The van der Waals surface area contributed by atoms with Gasteiger partial charge in [0.15, 0.2) is 0 Å². The van der Waals surface area contributed by atoms with Crippen molar-refractivity contribution in [1.29, 1.82) is 0 Å². The van der Waals surface area contributed by atoms with E-state index in [1.165, 1.54) is 33.2 Å². The molecule has 0 amide bonds. The van der Waals surface area contributed by atoms with Gasteiger partial charge in [-0.15, -0.1) is 0 Å². The Bertz CT molecular complexity index is 663. The van der Waals surface area contributed by atoms with Gasteiger partial charge in [-0.2, -0.15) is 0 Å². The molecular formula is C16H15N. The number of aromatic amines is 1. The van der Waals surface area contributed by atoms with Gasteiger partial charge in [-0.1, -0.05) is 30.3 Å². The van der Waals surface area contributed by atoms with E-state index in [2.05, 4.69) is 67.5 Å². The monoisotopic (exact) mass is 221 g/mol. The summed E-state index contributed by atoms with van der Waals surface area (Å²) in [6, 6.07) is 15.0. The Morgan fingerprint density at radius 1 is 0.824 bits per heavy atom. The molecule has 0 aliphatic rings. The van der Waals surface area contributed by atoms with Crippen molar-refractivity contribution < 1.29 is 0 Å². The minimum absolute atomic E-state index is 1.25. The van der Waals surface area contributed by atoms with Crippen LogP contribution >= 0.6 is 0 Å². The van der Waals surface area contributed by atoms with E-state index in [0.29, 0.717) is 0 Å². The predicted molar refractivity (Wildman–Crippen MR) is 73.2 cm³/mol. The third-order valence-electron chi connectivity index (χ3n) is 3.30. The van der Waals surface area contributed by atoms with Gasteiger partial charge in [0, 0.05) is 17.1 Å². The van der Waals surface area contributed by atoms with Crippen LogP contribution in [0.25, 0.3) is 22.0 Å². The fraction of sp³-hybridized carbons (Fsp3) is 0.125. The molecule has 0 atom stereocenters. The molecule has 84 valence electrons. The van der Waals surface area contributed by atoms with Gasteiger partial charge in [-0.05, 0) is 48.2 Å². The average molecular weight is 221 g/mol. The van der Waals surface area contributed by atoms with Crippen LogP contribution in [0.2, 0.25) is 0 Å². The molecule has 0 fully saturated rings. The highest BCUT2D eigenvalue weighted by atomic mass is 14.7. The van der Waals surface area contributed by atoms with Crippen LogP contribution in [0, 0.1) is 13.8 Å². The van der Waals surface area contributed by atoms with Crippen LogP contribution in [-0.4, -0.2) is 4.98 Å². The van der Waals surface area contributed by atoms with E-state index < -0.39 is 0 Å². The van der Waals surface area contributed by atoms with Crippen molar-refractivity contribution >= 4 is 10.9 Å². The van der Waals surface area contributed by atoms with Crippen molar-refractivity contribution in [3.63, 3.8) is 0 Å². The SMILES string of the molecule is Cc1c[nH]c2c(C)cc(-c3ccccc3)cc12. The smallest absolute Gasteiger partial charge is 0.0486 e. The molecule has 1 nitrogen and oxygen atoms in total. The second kappa shape index (κ2) is 3.77. The highest BCUT2D eigenvalue weighted by molar-refractivity contribution is 5.90. The molecule has 0 aliphatic carbocycles. The Labute approximate surface area is 101 Å². The summed E-state index contributed by atoms with van der Waals surface area (Å²) in [6.45, 7) is 4.30. The van der Waals surface area contributed by atoms with Crippen LogP contribution < -0.4 is 0 Å². The lowest BCUT2D eigenvalue weighted by molar-refractivity contribution is 1.40. The summed E-state index contributed by atoms with van der Waals surface area (Å²) in [6.07, 6.45) is 2.08. The normalized spacial score (nSPS) is 10.9. The fourth-order valence-electron chi connectivity index (χ4n) is 2.35. The van der Waals surface area contributed by atoms with E-state index >= 15 is 0 Å². The van der Waals surface area contributed by atoms with Crippen molar-refractivity contribution in [2.24, 2.45) is 0 Å². The van der Waals surface area contributed by atoms with Crippen molar-refractivity contribution in [3.8, 4) is 11.1 Å². The van der Waals surface area contributed by atoms with E-state index in [1.54, 1.807) is 0 Å². The Kier molecular flexibility index (Phi) is 2.25. The first kappa shape index (κ1) is 10.2. The first-order chi connectivity index (χ1) is 8.25. The zero-order valence-corrected chi connectivity index (χ0v) is 10.1. The Balaban J connectivity index is 2.28. The molecule has 3 rings (SSSR count). The van der Waals surface area contributed by atoms with Crippen molar-refractivity contribution in [2.45, 2.75) is 13.8 Å². The molecule has 0 unspecified atom stereocenters. The Morgan fingerprint density at radius 3 is 2.35 bits per heavy atom. The van der Waals surface area contributed by atoms with Gasteiger partial charge in [0.2, 0.25) is 0 Å². The van der Waals surface area contributed by atoms with Crippen LogP contribution in [0.5, 0.6) is 0 Å². The molecule has 0 spiro atoms. The minimum Gasteiger partial charge on any atom is -0.361 e. The number of benzene rings is 2. The van der Waals surface area contributed by atoms with Gasteiger partial charge in [0.1, 0.15) is 0 Å². The van der Waals surface area contributed by atoms with Crippen LogP contribution in [0.4, 0.5) is 0 Å². The minimum atomic E-state index is 1.25. The lowest BCUT2D eigenvalue weighted by Crippen LogP contribution is -1.82. The number of rotatable bonds is 1. The summed E-state index contributed by atoms with van der Waals surface area (Å²) in [5.74, 6) is 0. The summed E-state index contributed by atoms with van der Waals surface area (Å²) < 4.78 is 0. The van der Waals surface area contributed by atoms with Gasteiger partial charge in [-0.25, -0.2) is 0 Å². The molecule has 3 aromatic rings. The average Bonchev–Trinajstić information content (AvgIpc) is 2.73. The number of aryl methyl sites for hydroxylation is 2. The zero-order valence-electron chi connectivity index (χ0n) is 10.1. The zero-order chi connectivity index (χ0) is 11.8. The topological polar surface area (TPSA) is 15.8 Å². The lowest BCUT2D eigenvalue weighted by atomic mass is 10.00. The number of hydrogen-bond acceptors (Lipinski definition) is 0. The standard InChI is InChI=1S/C16H15N/c1-11-8-14(13-6-4-3-5-7-13)9-15-12(2)10-17-16(11)15/h3-10,17H,1-2H3. The van der Waals surface area contributed by atoms with E-state index in [0.717, 1.165) is 0 Å². The largest absolute Gasteiger partial charge is 0.361 e. The maximum Gasteiger partial charge on any atom is 0.0486 e. The van der Waals surface area contributed by atoms with Gasteiger partial charge in [0.25, 0.3) is 0 Å². The lowest BCUT2D eigenvalue weighted by Gasteiger charge is -2.05. The number of fused-ring (bicyclic) bond motifs is 1. The summed E-state index contributed by atoms with van der Waals surface area (Å²) >= 11 is 0. The van der Waals surface area contributed by atoms with E-state index in [4.69, 9.17) is 0 Å². The molecule has 1 heteroatoms. The van der Waals surface area contributed by atoms with Crippen LogP contribution in [0.15, 0.2) is 48.7 Å². The number of nitrogens with one attached hydrogen (secondary N) is 1. The molecule has 1 heterocycles. The van der Waals surface area contributed by atoms with Gasteiger partial charge in [0.05, 0.1) is 0 Å². The Morgan fingerprint density at radius 2 is 1.59 bits per heavy atom. The summed E-state index contributed by atoms with van der Waals surface area (Å²) in [4.78, 5) is 3.33. The maximum absolute atomic E-state index is 3.33. The number of hydrogen-bond donors (Lipinski definition) is 1. The molecule has 2 aromatic carbocycles. The summed E-state index contributed by atoms with van der Waals surface area (Å²) in [5.41, 5.74) is 6.42. The molecule has 0 bridgehead atoms. The second-order valence-corrected chi connectivity index (χ2v) is 4.55. The maximum atomic E-state index is 3.33. The summed E-state index contributed by atoms with van der Waals surface area (Å²) in [5, 5.41) is 1.32. The third kappa shape index (κ3) is 1.64. The van der Waals surface area contributed by atoms with Crippen LogP contribution in [-0.2, 0) is 0 Å². The third-order valence-corrected chi connectivity index (χ3v) is 3.30. The molecule has 1 N–H and O–H groups in total. The number of H-pyrrole nitrogens is 1. The number of aromatic nitrogens is 1. The van der Waals surface area contributed by atoms with E-state index in [-0.39, 0.29) is 0 Å². The summed E-state index contributed by atoms with van der Waals surface area (Å²) in [7, 11) is 0. The van der Waals surface area contributed by atoms with Crippen molar-refractivity contribution in [2.75, 3.05) is 0 Å². The quantitative estimate of drug-likeness (QED) is 0.624. The van der Waals surface area contributed by atoms with Gasteiger partial charge >= 0.3 is 0 Å². The highest BCUT2D eigenvalue weighted by Crippen LogP contribution is 2.28.